The van der Waals surface area contributed by atoms with E-state index in [0.717, 1.165) is 0 Å². The first kappa shape index (κ1) is 13.4. The van der Waals surface area contributed by atoms with Crippen LogP contribution in [0.3, 0.4) is 0 Å². The lowest BCUT2D eigenvalue weighted by Gasteiger charge is -2.22. The van der Waals surface area contributed by atoms with Crippen LogP contribution in [0.1, 0.15) is 24.8 Å². The summed E-state index contributed by atoms with van der Waals surface area (Å²) in [6.45, 7) is 4.22. The topological polar surface area (TPSA) is 12.0 Å². The standard InChI is InChI=1S/C14H15ClFNS/c1-9(2)14(13-4-3-7-18-13)17-12-8-10(15)5-6-11(12)16/h3-9,14,17H,1-2H3. The number of hydrogen-bond donors (Lipinski definition) is 1. The number of thiophene rings is 1. The van der Waals surface area contributed by atoms with Crippen molar-refractivity contribution in [1.29, 1.82) is 0 Å². The minimum Gasteiger partial charge on any atom is -0.375 e. The fraction of sp³-hybridized carbons (Fsp3) is 0.286. The van der Waals surface area contributed by atoms with E-state index in [4.69, 9.17) is 11.6 Å². The number of halogens is 2. The van der Waals surface area contributed by atoms with Gasteiger partial charge in [-0.3, -0.25) is 0 Å². The average Bonchev–Trinajstić information content (AvgIpc) is 2.83. The van der Waals surface area contributed by atoms with E-state index in [9.17, 15) is 4.39 Å². The second kappa shape index (κ2) is 5.72. The highest BCUT2D eigenvalue weighted by Gasteiger charge is 2.18. The molecule has 1 unspecified atom stereocenters. The van der Waals surface area contributed by atoms with E-state index in [1.54, 1.807) is 23.5 Å². The average molecular weight is 284 g/mol. The molecule has 0 saturated carbocycles. The zero-order valence-electron chi connectivity index (χ0n) is 10.3. The van der Waals surface area contributed by atoms with Gasteiger partial charge in [-0.05, 0) is 35.6 Å². The van der Waals surface area contributed by atoms with Crippen molar-refractivity contribution in [1.82, 2.24) is 0 Å². The Morgan fingerprint density at radius 1 is 1.28 bits per heavy atom. The van der Waals surface area contributed by atoms with Crippen molar-refractivity contribution in [2.24, 2.45) is 5.92 Å². The smallest absolute Gasteiger partial charge is 0.146 e. The number of anilines is 1. The Bertz CT molecular complexity index is 511. The fourth-order valence-electron chi connectivity index (χ4n) is 1.81. The van der Waals surface area contributed by atoms with Gasteiger partial charge in [0.2, 0.25) is 0 Å². The predicted octanol–water partition coefficient (Wildman–Crippen LogP) is 5.35. The number of rotatable bonds is 4. The molecule has 1 aromatic carbocycles. The monoisotopic (exact) mass is 283 g/mol. The quantitative estimate of drug-likeness (QED) is 0.797. The van der Waals surface area contributed by atoms with Crippen molar-refractivity contribution in [2.45, 2.75) is 19.9 Å². The van der Waals surface area contributed by atoms with Gasteiger partial charge in [-0.2, -0.15) is 0 Å². The Kier molecular flexibility index (Phi) is 4.25. The van der Waals surface area contributed by atoms with E-state index >= 15 is 0 Å². The first-order chi connectivity index (χ1) is 8.58. The van der Waals surface area contributed by atoms with Gasteiger partial charge in [0.25, 0.3) is 0 Å². The highest BCUT2D eigenvalue weighted by atomic mass is 35.5. The van der Waals surface area contributed by atoms with Crippen LogP contribution in [-0.4, -0.2) is 0 Å². The molecule has 18 heavy (non-hydrogen) atoms. The number of hydrogen-bond acceptors (Lipinski definition) is 2. The van der Waals surface area contributed by atoms with Crippen LogP contribution in [0, 0.1) is 11.7 Å². The summed E-state index contributed by atoms with van der Waals surface area (Å²) in [5.41, 5.74) is 0.453. The molecule has 0 amide bonds. The molecule has 0 aliphatic heterocycles. The van der Waals surface area contributed by atoms with E-state index < -0.39 is 0 Å². The highest BCUT2D eigenvalue weighted by molar-refractivity contribution is 7.10. The highest BCUT2D eigenvalue weighted by Crippen LogP contribution is 2.31. The summed E-state index contributed by atoms with van der Waals surface area (Å²) in [6, 6.07) is 8.72. The van der Waals surface area contributed by atoms with Crippen molar-refractivity contribution in [3.8, 4) is 0 Å². The summed E-state index contributed by atoms with van der Waals surface area (Å²) in [6.07, 6.45) is 0. The maximum Gasteiger partial charge on any atom is 0.146 e. The summed E-state index contributed by atoms with van der Waals surface area (Å²) in [7, 11) is 0. The van der Waals surface area contributed by atoms with Crippen molar-refractivity contribution >= 4 is 28.6 Å². The summed E-state index contributed by atoms with van der Waals surface area (Å²) < 4.78 is 13.7. The predicted molar refractivity (Wildman–Crippen MR) is 76.9 cm³/mol. The van der Waals surface area contributed by atoms with Crippen LogP contribution in [0.5, 0.6) is 0 Å². The van der Waals surface area contributed by atoms with Gasteiger partial charge >= 0.3 is 0 Å². The summed E-state index contributed by atoms with van der Waals surface area (Å²) in [4.78, 5) is 1.20. The third kappa shape index (κ3) is 3.03. The maximum absolute atomic E-state index is 13.7. The van der Waals surface area contributed by atoms with Gasteiger partial charge in [-0.15, -0.1) is 11.3 Å². The van der Waals surface area contributed by atoms with Gasteiger partial charge in [0, 0.05) is 9.90 Å². The first-order valence-corrected chi connectivity index (χ1v) is 7.08. The molecule has 0 fully saturated rings. The number of benzene rings is 1. The van der Waals surface area contributed by atoms with E-state index in [1.165, 1.54) is 10.9 Å². The van der Waals surface area contributed by atoms with Crippen molar-refractivity contribution < 1.29 is 4.39 Å². The summed E-state index contributed by atoms with van der Waals surface area (Å²) >= 11 is 7.57. The second-order valence-corrected chi connectivity index (χ2v) is 5.92. The fourth-order valence-corrected chi connectivity index (χ4v) is 2.93. The van der Waals surface area contributed by atoms with E-state index in [1.807, 2.05) is 11.4 Å². The summed E-state index contributed by atoms with van der Waals surface area (Å²) in [5, 5.41) is 5.80. The van der Waals surface area contributed by atoms with E-state index in [2.05, 4.69) is 25.2 Å². The second-order valence-electron chi connectivity index (χ2n) is 4.51. The number of nitrogens with one attached hydrogen (secondary N) is 1. The molecule has 4 heteroatoms. The zero-order valence-corrected chi connectivity index (χ0v) is 11.9. The maximum atomic E-state index is 13.7. The molecule has 2 aromatic rings. The van der Waals surface area contributed by atoms with Crippen LogP contribution >= 0.6 is 22.9 Å². The van der Waals surface area contributed by atoms with E-state index in [-0.39, 0.29) is 11.9 Å². The Balaban J connectivity index is 2.27. The van der Waals surface area contributed by atoms with Gasteiger partial charge < -0.3 is 5.32 Å². The molecule has 2 rings (SSSR count). The van der Waals surface area contributed by atoms with Crippen molar-refractivity contribution in [3.63, 3.8) is 0 Å². The molecule has 0 saturated heterocycles. The van der Waals surface area contributed by atoms with E-state index in [0.29, 0.717) is 16.6 Å². The molecule has 1 heterocycles. The Morgan fingerprint density at radius 3 is 2.67 bits per heavy atom. The molecule has 96 valence electrons. The zero-order chi connectivity index (χ0) is 13.1. The van der Waals surface area contributed by atoms with Gasteiger partial charge in [-0.25, -0.2) is 4.39 Å². The third-order valence-corrected chi connectivity index (χ3v) is 3.95. The van der Waals surface area contributed by atoms with Crippen LogP contribution in [0.4, 0.5) is 10.1 Å². The van der Waals surface area contributed by atoms with Crippen LogP contribution < -0.4 is 5.32 Å². The van der Waals surface area contributed by atoms with Crippen LogP contribution in [0.2, 0.25) is 5.02 Å². The molecule has 0 radical (unpaired) electrons. The minimum atomic E-state index is -0.276. The Hall–Kier alpha value is -1.06. The molecule has 1 atom stereocenters. The summed E-state index contributed by atoms with van der Waals surface area (Å²) in [5.74, 6) is 0.0867. The largest absolute Gasteiger partial charge is 0.375 e. The molecule has 0 spiro atoms. The van der Waals surface area contributed by atoms with Gasteiger partial charge in [-0.1, -0.05) is 31.5 Å². The Labute approximate surface area is 116 Å². The van der Waals surface area contributed by atoms with Crippen molar-refractivity contribution in [2.75, 3.05) is 5.32 Å². The van der Waals surface area contributed by atoms with Gasteiger partial charge in [0.05, 0.1) is 11.7 Å². The van der Waals surface area contributed by atoms with Crippen LogP contribution in [0.15, 0.2) is 35.7 Å². The SMILES string of the molecule is CC(C)C(Nc1cc(Cl)ccc1F)c1cccs1. The molecule has 1 aromatic heterocycles. The van der Waals surface area contributed by atoms with Gasteiger partial charge in [0.1, 0.15) is 5.82 Å². The normalized spacial score (nSPS) is 12.7. The molecular weight excluding hydrogens is 269 g/mol. The van der Waals surface area contributed by atoms with Crippen LogP contribution in [-0.2, 0) is 0 Å². The molecule has 0 aliphatic rings. The van der Waals surface area contributed by atoms with Crippen LogP contribution in [0.25, 0.3) is 0 Å². The lowest BCUT2D eigenvalue weighted by atomic mass is 10.0. The lowest BCUT2D eigenvalue weighted by Crippen LogP contribution is -2.16. The third-order valence-electron chi connectivity index (χ3n) is 2.76. The molecule has 1 N–H and O–H groups in total. The molecule has 0 bridgehead atoms. The minimum absolute atomic E-state index is 0.0953. The molecule has 1 nitrogen and oxygen atoms in total. The van der Waals surface area contributed by atoms with Gasteiger partial charge in [0.15, 0.2) is 0 Å². The molecular formula is C14H15ClFNS. The lowest BCUT2D eigenvalue weighted by molar-refractivity contribution is 0.546. The molecule has 0 aliphatic carbocycles. The Morgan fingerprint density at radius 2 is 2.06 bits per heavy atom. The van der Waals surface area contributed by atoms with Crippen molar-refractivity contribution in [3.05, 3.63) is 51.4 Å². The first-order valence-electron chi connectivity index (χ1n) is 5.83.